The second-order valence-corrected chi connectivity index (χ2v) is 5.54. The highest BCUT2D eigenvalue weighted by Gasteiger charge is 2.23. The van der Waals surface area contributed by atoms with Crippen LogP contribution in [0.1, 0.15) is 25.3 Å². The van der Waals surface area contributed by atoms with Crippen molar-refractivity contribution in [3.05, 3.63) is 17.7 Å². The normalized spacial score (nSPS) is 18.7. The van der Waals surface area contributed by atoms with E-state index in [1.54, 1.807) is 6.07 Å². The van der Waals surface area contributed by atoms with E-state index in [9.17, 15) is 9.90 Å². The molecule has 1 aromatic carbocycles. The van der Waals surface area contributed by atoms with Gasteiger partial charge in [-0.3, -0.25) is 4.79 Å². The number of piperidine rings is 1. The maximum absolute atomic E-state index is 11.9. The van der Waals surface area contributed by atoms with E-state index in [4.69, 9.17) is 9.47 Å². The average molecular weight is 293 g/mol. The SMILES string of the molecule is COc1ccc(CCN2CC(C)CCC2=O)c(O)c1OC. The van der Waals surface area contributed by atoms with Gasteiger partial charge in [0, 0.05) is 19.5 Å². The molecule has 116 valence electrons. The summed E-state index contributed by atoms with van der Waals surface area (Å²) < 4.78 is 10.3. The number of aromatic hydroxyl groups is 1. The summed E-state index contributed by atoms with van der Waals surface area (Å²) in [4.78, 5) is 13.8. The van der Waals surface area contributed by atoms with Gasteiger partial charge in [-0.25, -0.2) is 0 Å². The number of benzene rings is 1. The Morgan fingerprint density at radius 3 is 2.76 bits per heavy atom. The Balaban J connectivity index is 2.08. The highest BCUT2D eigenvalue weighted by Crippen LogP contribution is 2.39. The first-order chi connectivity index (χ1) is 10.1. The molecule has 5 heteroatoms. The molecular formula is C16H23NO4. The summed E-state index contributed by atoms with van der Waals surface area (Å²) in [6.07, 6.45) is 2.20. The lowest BCUT2D eigenvalue weighted by Gasteiger charge is -2.31. The van der Waals surface area contributed by atoms with Crippen LogP contribution >= 0.6 is 0 Å². The van der Waals surface area contributed by atoms with Crippen molar-refractivity contribution in [3.63, 3.8) is 0 Å². The first-order valence-electron chi connectivity index (χ1n) is 7.27. The van der Waals surface area contributed by atoms with Crippen molar-refractivity contribution in [1.29, 1.82) is 0 Å². The number of carbonyl (C=O) groups excluding carboxylic acids is 1. The molecule has 0 saturated carbocycles. The molecule has 0 radical (unpaired) electrons. The predicted octanol–water partition coefficient (Wildman–Crippen LogP) is 2.21. The first-order valence-corrected chi connectivity index (χ1v) is 7.27. The Bertz CT molecular complexity index is 515. The lowest BCUT2D eigenvalue weighted by atomic mass is 9.99. The summed E-state index contributed by atoms with van der Waals surface area (Å²) in [5, 5.41) is 10.2. The van der Waals surface area contributed by atoms with Crippen LogP contribution in [0.4, 0.5) is 0 Å². The number of phenols is 1. The van der Waals surface area contributed by atoms with Crippen LogP contribution in [0.25, 0.3) is 0 Å². The molecule has 0 spiro atoms. The van der Waals surface area contributed by atoms with Crippen LogP contribution in [0.15, 0.2) is 12.1 Å². The summed E-state index contributed by atoms with van der Waals surface area (Å²) in [5.74, 6) is 1.68. The maximum Gasteiger partial charge on any atom is 0.222 e. The smallest absolute Gasteiger partial charge is 0.222 e. The van der Waals surface area contributed by atoms with Crippen LogP contribution in [0.2, 0.25) is 0 Å². The number of rotatable bonds is 5. The number of ether oxygens (including phenoxy) is 2. The quantitative estimate of drug-likeness (QED) is 0.904. The molecule has 0 aromatic heterocycles. The van der Waals surface area contributed by atoms with Crippen LogP contribution in [-0.2, 0) is 11.2 Å². The Labute approximate surface area is 125 Å². The van der Waals surface area contributed by atoms with Crippen molar-refractivity contribution in [1.82, 2.24) is 4.90 Å². The maximum atomic E-state index is 11.9. The third-order valence-electron chi connectivity index (χ3n) is 3.99. The Morgan fingerprint density at radius 2 is 2.10 bits per heavy atom. The largest absolute Gasteiger partial charge is 0.504 e. The van der Waals surface area contributed by atoms with Gasteiger partial charge in [-0.15, -0.1) is 0 Å². The molecule has 1 atom stereocenters. The van der Waals surface area contributed by atoms with E-state index in [1.807, 2.05) is 11.0 Å². The fourth-order valence-electron chi connectivity index (χ4n) is 2.72. The molecule has 21 heavy (non-hydrogen) atoms. The second kappa shape index (κ2) is 6.70. The van der Waals surface area contributed by atoms with Gasteiger partial charge < -0.3 is 19.5 Å². The van der Waals surface area contributed by atoms with Crippen LogP contribution < -0.4 is 9.47 Å². The number of likely N-dealkylation sites (tertiary alicyclic amines) is 1. The van der Waals surface area contributed by atoms with Gasteiger partial charge in [0.05, 0.1) is 14.2 Å². The van der Waals surface area contributed by atoms with Gasteiger partial charge in [-0.2, -0.15) is 0 Å². The third kappa shape index (κ3) is 3.40. The fourth-order valence-corrected chi connectivity index (χ4v) is 2.72. The fraction of sp³-hybridized carbons (Fsp3) is 0.562. The van der Waals surface area contributed by atoms with Gasteiger partial charge >= 0.3 is 0 Å². The summed E-state index contributed by atoms with van der Waals surface area (Å²) >= 11 is 0. The molecule has 1 heterocycles. The monoisotopic (exact) mass is 293 g/mol. The number of carbonyl (C=O) groups is 1. The van der Waals surface area contributed by atoms with Crippen molar-refractivity contribution >= 4 is 5.91 Å². The van der Waals surface area contributed by atoms with Gasteiger partial charge in [-0.1, -0.05) is 13.0 Å². The Kier molecular flexibility index (Phi) is 4.94. The third-order valence-corrected chi connectivity index (χ3v) is 3.99. The van der Waals surface area contributed by atoms with Crippen LogP contribution in [0.5, 0.6) is 17.2 Å². The molecule has 1 fully saturated rings. The van der Waals surface area contributed by atoms with Crippen LogP contribution in [-0.4, -0.2) is 43.2 Å². The molecular weight excluding hydrogens is 270 g/mol. The van der Waals surface area contributed by atoms with E-state index in [-0.39, 0.29) is 11.7 Å². The Hall–Kier alpha value is -1.91. The number of hydrogen-bond acceptors (Lipinski definition) is 4. The zero-order valence-corrected chi connectivity index (χ0v) is 12.9. The lowest BCUT2D eigenvalue weighted by molar-refractivity contribution is -0.134. The van der Waals surface area contributed by atoms with E-state index in [1.165, 1.54) is 14.2 Å². The minimum atomic E-state index is 0.0920. The molecule has 1 unspecified atom stereocenters. The summed E-state index contributed by atoms with van der Waals surface area (Å²) in [6.45, 7) is 3.58. The molecule has 0 bridgehead atoms. The highest BCUT2D eigenvalue weighted by molar-refractivity contribution is 5.77. The van der Waals surface area contributed by atoms with E-state index >= 15 is 0 Å². The minimum absolute atomic E-state index is 0.0920. The molecule has 5 nitrogen and oxygen atoms in total. The van der Waals surface area contributed by atoms with Gasteiger partial charge in [0.25, 0.3) is 0 Å². The zero-order valence-electron chi connectivity index (χ0n) is 12.9. The van der Waals surface area contributed by atoms with E-state index < -0.39 is 0 Å². The highest BCUT2D eigenvalue weighted by atomic mass is 16.5. The van der Waals surface area contributed by atoms with Crippen LogP contribution in [0, 0.1) is 5.92 Å². The molecule has 1 aliphatic heterocycles. The summed E-state index contributed by atoms with van der Waals surface area (Å²) in [7, 11) is 3.03. The minimum Gasteiger partial charge on any atom is -0.504 e. The molecule has 1 N–H and O–H groups in total. The van der Waals surface area contributed by atoms with Gasteiger partial charge in [0.1, 0.15) is 0 Å². The second-order valence-electron chi connectivity index (χ2n) is 5.54. The molecule has 2 rings (SSSR count). The van der Waals surface area contributed by atoms with E-state index in [0.29, 0.717) is 36.8 Å². The molecule has 1 saturated heterocycles. The molecule has 1 aliphatic rings. The van der Waals surface area contributed by atoms with Crippen molar-refractivity contribution in [2.75, 3.05) is 27.3 Å². The van der Waals surface area contributed by atoms with Crippen molar-refractivity contribution < 1.29 is 19.4 Å². The van der Waals surface area contributed by atoms with Crippen molar-refractivity contribution in [2.24, 2.45) is 5.92 Å². The van der Waals surface area contributed by atoms with E-state index in [2.05, 4.69) is 6.92 Å². The zero-order chi connectivity index (χ0) is 15.4. The standard InChI is InChI=1S/C16H23NO4/c1-11-4-7-14(18)17(10-11)9-8-12-5-6-13(20-2)16(21-3)15(12)19/h5-6,11,19H,4,7-10H2,1-3H3. The topological polar surface area (TPSA) is 59.0 Å². The van der Waals surface area contributed by atoms with Gasteiger partial charge in [0.15, 0.2) is 11.5 Å². The average Bonchev–Trinajstić information content (AvgIpc) is 2.48. The van der Waals surface area contributed by atoms with Gasteiger partial charge in [0.2, 0.25) is 11.7 Å². The summed E-state index contributed by atoms with van der Waals surface area (Å²) in [5.41, 5.74) is 0.763. The molecule has 1 amide bonds. The number of hydrogen-bond donors (Lipinski definition) is 1. The van der Waals surface area contributed by atoms with Gasteiger partial charge in [-0.05, 0) is 30.4 Å². The number of nitrogens with zero attached hydrogens (tertiary/aromatic N) is 1. The predicted molar refractivity (Wildman–Crippen MR) is 79.9 cm³/mol. The van der Waals surface area contributed by atoms with E-state index in [0.717, 1.165) is 18.5 Å². The number of phenolic OH excluding ortho intramolecular Hbond substituents is 1. The number of amides is 1. The van der Waals surface area contributed by atoms with Crippen molar-refractivity contribution in [3.8, 4) is 17.2 Å². The first kappa shape index (κ1) is 15.5. The summed E-state index contributed by atoms with van der Waals surface area (Å²) in [6, 6.07) is 3.59. The lowest BCUT2D eigenvalue weighted by Crippen LogP contribution is -2.40. The molecule has 0 aliphatic carbocycles. The Morgan fingerprint density at radius 1 is 1.33 bits per heavy atom. The molecule has 1 aromatic rings. The number of methoxy groups -OCH3 is 2. The van der Waals surface area contributed by atoms with Crippen molar-refractivity contribution in [2.45, 2.75) is 26.2 Å². The van der Waals surface area contributed by atoms with Crippen LogP contribution in [0.3, 0.4) is 0 Å².